The number of anilines is 1. The molecular formula is C30H36ClF2NO6S. The number of thioether (sulfide) groups is 1. The second-order valence-corrected chi connectivity index (χ2v) is 13.0. The van der Waals surface area contributed by atoms with Crippen molar-refractivity contribution in [1.29, 1.82) is 0 Å². The number of alkyl halides is 2. The minimum Gasteiger partial charge on any atom is -0.450 e. The lowest BCUT2D eigenvalue weighted by Gasteiger charge is -2.62. The number of hydrogen-bond acceptors (Lipinski definition) is 8. The molecule has 0 radical (unpaired) electrons. The first-order valence-corrected chi connectivity index (χ1v) is 15.2. The number of Topliss-reactive ketones (excluding diaryl/α,β-unsaturated/α-hetero) is 1. The quantitative estimate of drug-likeness (QED) is 0.308. The van der Waals surface area contributed by atoms with E-state index in [0.717, 1.165) is 22.5 Å². The topological polar surface area (TPSA) is 104 Å². The van der Waals surface area contributed by atoms with Crippen molar-refractivity contribution in [3.05, 3.63) is 53.1 Å². The molecule has 4 aliphatic carbocycles. The van der Waals surface area contributed by atoms with E-state index >= 15 is 8.78 Å². The number of hydrogen-bond donors (Lipinski definition) is 2. The van der Waals surface area contributed by atoms with Crippen molar-refractivity contribution >= 4 is 45.9 Å². The molecule has 1 aromatic carbocycles. The first-order valence-electron chi connectivity index (χ1n) is 13.6. The van der Waals surface area contributed by atoms with E-state index in [1.165, 1.54) is 18.2 Å². The van der Waals surface area contributed by atoms with Gasteiger partial charge >= 0.3 is 5.30 Å². The Morgan fingerprint density at radius 3 is 2.46 bits per heavy atom. The molecule has 0 amide bonds. The molecule has 2 N–H and O–H groups in total. The summed E-state index contributed by atoms with van der Waals surface area (Å²) in [5.74, 6) is -2.19. The number of halogens is 3. The van der Waals surface area contributed by atoms with Gasteiger partial charge in [-0.1, -0.05) is 24.6 Å². The first kappa shape index (κ1) is 31.7. The molecule has 0 bridgehead atoms. The minimum atomic E-state index is -2.13. The molecule has 7 nitrogen and oxygen atoms in total. The van der Waals surface area contributed by atoms with E-state index < -0.39 is 45.9 Å². The Labute approximate surface area is 247 Å². The molecule has 0 aliphatic heterocycles. The molecule has 41 heavy (non-hydrogen) atoms. The molecule has 0 saturated heterocycles. The number of ketones is 2. The molecule has 8 atom stereocenters. The van der Waals surface area contributed by atoms with Gasteiger partial charge in [-0.25, -0.2) is 13.6 Å². The predicted molar refractivity (Wildman–Crippen MR) is 154 cm³/mol. The number of fused-ring (bicyclic) bond motifs is 5. The summed E-state index contributed by atoms with van der Waals surface area (Å²) in [6.45, 7) is 3.08. The number of ether oxygens (including phenoxy) is 1. The Hall–Kier alpha value is -2.27. The van der Waals surface area contributed by atoms with Crippen molar-refractivity contribution in [3.63, 3.8) is 0 Å². The second-order valence-electron chi connectivity index (χ2n) is 11.8. The maximum atomic E-state index is 16.9. The summed E-state index contributed by atoms with van der Waals surface area (Å²) in [6, 6.07) is 6.93. The standard InChI is InChI=1S/C23H28F2O5S.C7H8ClNO/c1-21-10-19(28)23(25)15(9-17(24)16-8-12(26)6-7-22(16,23)2)13(21)4-5-14(21)18(27)11-30-20(29)31-3;1-9(10)7-4-2-6(8)3-5-7/h6-8,13-15,17,19,28H,4-5,9-11H2,1-3H3;2-5,10H,1H3/t13?,14-,15+,17+,19+,21+,22+,23+;/m1./s1. The number of benzene rings is 1. The molecule has 1 unspecified atom stereocenters. The van der Waals surface area contributed by atoms with E-state index in [9.17, 15) is 19.5 Å². The van der Waals surface area contributed by atoms with Crippen LogP contribution in [0.1, 0.15) is 39.5 Å². The summed E-state index contributed by atoms with van der Waals surface area (Å²) >= 11 is 6.49. The molecule has 224 valence electrons. The van der Waals surface area contributed by atoms with Crippen LogP contribution in [0.2, 0.25) is 5.02 Å². The van der Waals surface area contributed by atoms with E-state index in [-0.39, 0.29) is 42.5 Å². The molecule has 11 heteroatoms. The zero-order valence-electron chi connectivity index (χ0n) is 23.5. The fourth-order valence-electron chi connectivity index (χ4n) is 7.68. The van der Waals surface area contributed by atoms with Crippen molar-refractivity contribution in [3.8, 4) is 0 Å². The maximum absolute atomic E-state index is 16.9. The Morgan fingerprint density at radius 2 is 1.85 bits per heavy atom. The second kappa shape index (κ2) is 11.8. The zero-order valence-corrected chi connectivity index (χ0v) is 25.1. The van der Waals surface area contributed by atoms with Gasteiger partial charge in [-0.2, -0.15) is 0 Å². The molecule has 0 aromatic heterocycles. The van der Waals surface area contributed by atoms with E-state index in [1.807, 2.05) is 6.92 Å². The van der Waals surface area contributed by atoms with Gasteiger partial charge in [0.2, 0.25) is 0 Å². The summed E-state index contributed by atoms with van der Waals surface area (Å²) in [4.78, 5) is 36.1. The van der Waals surface area contributed by atoms with Crippen LogP contribution in [0, 0.1) is 28.6 Å². The number of aliphatic hydroxyl groups is 1. The van der Waals surface area contributed by atoms with Gasteiger partial charge in [0.15, 0.2) is 23.8 Å². The third-order valence-corrected chi connectivity index (χ3v) is 10.4. The molecule has 0 spiro atoms. The van der Waals surface area contributed by atoms with E-state index in [2.05, 4.69) is 0 Å². The maximum Gasteiger partial charge on any atom is 0.367 e. The van der Waals surface area contributed by atoms with Crippen molar-refractivity contribution < 1.29 is 38.2 Å². The Balaban J connectivity index is 0.000000328. The number of aliphatic hydroxyl groups excluding tert-OH is 1. The van der Waals surface area contributed by atoms with Crippen molar-refractivity contribution in [2.24, 2.45) is 28.6 Å². The fraction of sp³-hybridized carbons (Fsp3) is 0.567. The number of rotatable bonds is 4. The van der Waals surface area contributed by atoms with Crippen LogP contribution >= 0.6 is 23.4 Å². The third kappa shape index (κ3) is 5.48. The van der Waals surface area contributed by atoms with Gasteiger partial charge in [0, 0.05) is 29.3 Å². The van der Waals surface area contributed by atoms with E-state index in [4.69, 9.17) is 21.5 Å². The van der Waals surface area contributed by atoms with Gasteiger partial charge in [0.1, 0.15) is 6.17 Å². The van der Waals surface area contributed by atoms with Crippen LogP contribution in [0.4, 0.5) is 19.3 Å². The molecule has 4 aliphatic rings. The SMILES string of the molecule is CN(O)c1ccc(Cl)cc1.CSC(=O)OCC(=O)[C@H]1CCC2[C@@H]3C[C@H](F)C4=CC(=O)C=C[C@]4(C)[C@@]3(F)[C@@H](O)C[C@@]21C. The highest BCUT2D eigenvalue weighted by Crippen LogP contribution is 2.69. The minimum absolute atomic E-state index is 0.0547. The zero-order chi connectivity index (χ0) is 30.3. The summed E-state index contributed by atoms with van der Waals surface area (Å²) in [7, 11) is 1.56. The van der Waals surface area contributed by atoms with Crippen molar-refractivity contribution in [2.45, 2.75) is 57.5 Å². The number of carbonyl (C=O) groups excluding carboxylic acids is 3. The van der Waals surface area contributed by atoms with Crippen LogP contribution in [0.25, 0.3) is 0 Å². The van der Waals surface area contributed by atoms with Crippen LogP contribution in [0.3, 0.4) is 0 Å². The lowest BCUT2D eigenvalue weighted by molar-refractivity contribution is -0.202. The van der Waals surface area contributed by atoms with Crippen LogP contribution in [0.5, 0.6) is 0 Å². The van der Waals surface area contributed by atoms with Crippen LogP contribution < -0.4 is 5.06 Å². The number of carbonyl (C=O) groups is 3. The number of nitrogens with zero attached hydrogens (tertiary/aromatic N) is 1. The summed E-state index contributed by atoms with van der Waals surface area (Å²) in [6.07, 6.45) is 3.44. The van der Waals surface area contributed by atoms with Crippen LogP contribution in [0.15, 0.2) is 48.1 Å². The van der Waals surface area contributed by atoms with Gasteiger partial charge < -0.3 is 9.84 Å². The van der Waals surface area contributed by atoms with Gasteiger partial charge in [-0.3, -0.25) is 19.9 Å². The highest BCUT2D eigenvalue weighted by Gasteiger charge is 2.72. The van der Waals surface area contributed by atoms with Gasteiger partial charge in [0.25, 0.3) is 0 Å². The third-order valence-electron chi connectivity index (χ3n) is 9.71. The van der Waals surface area contributed by atoms with Crippen molar-refractivity contribution in [1.82, 2.24) is 0 Å². The molecule has 5 rings (SSSR count). The Kier molecular flexibility index (Phi) is 9.10. The van der Waals surface area contributed by atoms with E-state index in [1.54, 1.807) is 44.5 Å². The summed E-state index contributed by atoms with van der Waals surface area (Å²) in [5, 5.41) is 21.2. The van der Waals surface area contributed by atoms with E-state index in [0.29, 0.717) is 17.9 Å². The number of hydroxylamine groups is 1. The van der Waals surface area contributed by atoms with Crippen molar-refractivity contribution in [2.75, 3.05) is 25.0 Å². The van der Waals surface area contributed by atoms with Gasteiger partial charge in [-0.15, -0.1) is 0 Å². The van der Waals surface area contributed by atoms with Crippen LogP contribution in [-0.2, 0) is 14.3 Å². The van der Waals surface area contributed by atoms with Gasteiger partial charge in [0.05, 0.1) is 11.8 Å². The lowest BCUT2D eigenvalue weighted by atomic mass is 9.45. The Morgan fingerprint density at radius 1 is 1.20 bits per heavy atom. The number of allylic oxidation sites excluding steroid dienone is 4. The normalized spacial score (nSPS) is 37.0. The largest absolute Gasteiger partial charge is 0.450 e. The monoisotopic (exact) mass is 611 g/mol. The average molecular weight is 612 g/mol. The predicted octanol–water partition coefficient (Wildman–Crippen LogP) is 6.16. The molecular weight excluding hydrogens is 576 g/mol. The highest BCUT2D eigenvalue weighted by atomic mass is 35.5. The highest BCUT2D eigenvalue weighted by molar-refractivity contribution is 8.12. The molecule has 0 heterocycles. The first-order chi connectivity index (χ1) is 19.2. The van der Waals surface area contributed by atoms with Crippen LogP contribution in [-0.4, -0.2) is 65.0 Å². The summed E-state index contributed by atoms with van der Waals surface area (Å²) < 4.78 is 37.1. The molecule has 1 aromatic rings. The smallest absolute Gasteiger partial charge is 0.367 e. The molecule has 3 fully saturated rings. The molecule has 3 saturated carbocycles. The summed E-state index contributed by atoms with van der Waals surface area (Å²) in [5.41, 5.74) is -3.44. The average Bonchev–Trinajstić information content (AvgIpc) is 3.27. The fourth-order valence-corrected chi connectivity index (χ4v) is 7.98. The Bertz CT molecular complexity index is 1260. The lowest BCUT2D eigenvalue weighted by Crippen LogP contribution is -2.68. The van der Waals surface area contributed by atoms with Gasteiger partial charge in [-0.05, 0) is 104 Å².